The van der Waals surface area contributed by atoms with Crippen molar-refractivity contribution in [2.45, 2.75) is 32.7 Å². The second kappa shape index (κ2) is 7.07. The van der Waals surface area contributed by atoms with Crippen LogP contribution in [0.3, 0.4) is 0 Å². The Labute approximate surface area is 159 Å². The second-order valence-corrected chi connectivity index (χ2v) is 7.04. The number of rotatable bonds is 5. The molecule has 0 aliphatic heterocycles. The topological polar surface area (TPSA) is 31.0 Å². The zero-order chi connectivity index (χ0) is 19.0. The van der Waals surface area contributed by atoms with Gasteiger partial charge >= 0.3 is 0 Å². The van der Waals surface area contributed by atoms with Crippen molar-refractivity contribution in [2.24, 2.45) is 0 Å². The molecule has 4 aromatic rings. The Balaban J connectivity index is 1.72. The van der Waals surface area contributed by atoms with Gasteiger partial charge < -0.3 is 8.98 Å². The van der Waals surface area contributed by atoms with Gasteiger partial charge in [-0.1, -0.05) is 29.7 Å². The average Bonchev–Trinajstić information content (AvgIpc) is 3.29. The Bertz CT molecular complexity index is 1100. The third-order valence-electron chi connectivity index (χ3n) is 4.88. The highest BCUT2D eigenvalue weighted by Crippen LogP contribution is 2.29. The number of imidazole rings is 1. The monoisotopic (exact) mass is 358 g/mol. The van der Waals surface area contributed by atoms with E-state index in [0.717, 1.165) is 27.9 Å². The van der Waals surface area contributed by atoms with Crippen LogP contribution in [0, 0.1) is 5.82 Å². The molecule has 0 N–H and O–H groups in total. The van der Waals surface area contributed by atoms with Crippen molar-refractivity contribution in [1.29, 1.82) is 0 Å². The smallest absolute Gasteiger partial charge is 0.140 e. The second-order valence-electron chi connectivity index (χ2n) is 7.04. The first-order chi connectivity index (χ1) is 13.0. The fourth-order valence-electron chi connectivity index (χ4n) is 3.59. The molecule has 0 atom stereocenters. The fourth-order valence-corrected chi connectivity index (χ4v) is 3.59. The summed E-state index contributed by atoms with van der Waals surface area (Å²) in [4.78, 5) is 4.48. The molecule has 0 unspecified atom stereocenters. The van der Waals surface area contributed by atoms with Gasteiger partial charge in [-0.15, -0.1) is 0 Å². The highest BCUT2D eigenvalue weighted by atomic mass is 19.1. The zero-order valence-corrected chi connectivity index (χ0v) is 15.4. The predicted molar refractivity (Wildman–Crippen MR) is 107 cm³/mol. The summed E-state index contributed by atoms with van der Waals surface area (Å²) < 4.78 is 22.4. The molecule has 0 amide bonds. The number of furan rings is 1. The Kier molecular flexibility index (Phi) is 4.60. The molecule has 4 rings (SSSR count). The van der Waals surface area contributed by atoms with E-state index in [0.29, 0.717) is 23.9 Å². The van der Waals surface area contributed by atoms with Gasteiger partial charge in [-0.05, 0) is 49.9 Å². The highest BCUT2D eigenvalue weighted by Gasteiger charge is 2.16. The normalized spacial score (nSPS) is 11.6. The number of nitrogens with zero attached hydrogens (tertiary/aromatic N) is 2. The van der Waals surface area contributed by atoms with Gasteiger partial charge in [0, 0.05) is 29.4 Å². The van der Waals surface area contributed by atoms with E-state index in [1.165, 1.54) is 6.07 Å². The summed E-state index contributed by atoms with van der Waals surface area (Å²) in [5, 5.41) is 0.967. The van der Waals surface area contributed by atoms with Crippen molar-refractivity contribution in [3.63, 3.8) is 0 Å². The van der Waals surface area contributed by atoms with E-state index in [1.807, 2.05) is 30.5 Å². The van der Waals surface area contributed by atoms with E-state index in [-0.39, 0.29) is 11.9 Å². The van der Waals surface area contributed by atoms with E-state index in [4.69, 9.17) is 12.3 Å². The van der Waals surface area contributed by atoms with Gasteiger partial charge in [0.25, 0.3) is 0 Å². The summed E-state index contributed by atoms with van der Waals surface area (Å²) in [7, 11) is 6.01. The Morgan fingerprint density at radius 2 is 2.04 bits per heavy atom. The molecule has 27 heavy (non-hydrogen) atoms. The van der Waals surface area contributed by atoms with Crippen LogP contribution in [0.1, 0.15) is 31.0 Å². The minimum Gasteiger partial charge on any atom is -0.464 e. The molecule has 0 aliphatic carbocycles. The quantitative estimate of drug-likeness (QED) is 0.489. The van der Waals surface area contributed by atoms with Gasteiger partial charge in [0.1, 0.15) is 25.1 Å². The maximum Gasteiger partial charge on any atom is 0.140 e. The molecule has 0 saturated heterocycles. The molecular formula is C22H20BFN2O. The van der Waals surface area contributed by atoms with E-state index in [1.54, 1.807) is 18.5 Å². The number of aromatic nitrogens is 2. The molecule has 0 bridgehead atoms. The Hall–Kier alpha value is -2.82. The predicted octanol–water partition coefficient (Wildman–Crippen LogP) is 4.60. The van der Waals surface area contributed by atoms with Crippen molar-refractivity contribution in [2.75, 3.05) is 0 Å². The molecule has 5 heteroatoms. The highest BCUT2D eigenvalue weighted by molar-refractivity contribution is 6.33. The SMILES string of the molecule is [B]c1cc(CCc2c(F)cccc2-c2nccn2C(C)C)c2occc2c1. The van der Waals surface area contributed by atoms with Crippen molar-refractivity contribution in [3.8, 4) is 11.4 Å². The summed E-state index contributed by atoms with van der Waals surface area (Å²) in [6.45, 7) is 4.18. The minimum atomic E-state index is -0.217. The summed E-state index contributed by atoms with van der Waals surface area (Å²) in [6.07, 6.45) is 6.51. The van der Waals surface area contributed by atoms with Crippen LogP contribution < -0.4 is 5.46 Å². The first-order valence-electron chi connectivity index (χ1n) is 9.11. The standard InChI is InChI=1S/C22H20BFN2O/c1-14(2)26-10-9-25-22(26)19-4-3-5-20(24)18(19)7-6-15-12-17(23)13-16-8-11-27-21(15)16/h3-5,8-14H,6-7H2,1-2H3. The molecule has 0 saturated carbocycles. The molecule has 2 aromatic carbocycles. The van der Waals surface area contributed by atoms with Crippen molar-refractivity contribution in [3.05, 3.63) is 72.0 Å². The molecule has 2 aromatic heterocycles. The lowest BCUT2D eigenvalue weighted by Crippen LogP contribution is -2.07. The van der Waals surface area contributed by atoms with Crippen molar-refractivity contribution < 1.29 is 8.81 Å². The lowest BCUT2D eigenvalue weighted by Gasteiger charge is -2.15. The maximum absolute atomic E-state index is 14.7. The molecular weight excluding hydrogens is 338 g/mol. The van der Waals surface area contributed by atoms with Crippen molar-refractivity contribution >= 4 is 24.3 Å². The molecule has 0 fully saturated rings. The summed E-state index contributed by atoms with van der Waals surface area (Å²) in [5.41, 5.74) is 3.96. The summed E-state index contributed by atoms with van der Waals surface area (Å²) >= 11 is 0. The largest absolute Gasteiger partial charge is 0.464 e. The molecule has 134 valence electrons. The van der Waals surface area contributed by atoms with Crippen LogP contribution in [0.4, 0.5) is 4.39 Å². The van der Waals surface area contributed by atoms with Gasteiger partial charge in [-0.2, -0.15) is 0 Å². The van der Waals surface area contributed by atoms with Crippen LogP contribution in [-0.2, 0) is 12.8 Å². The number of benzene rings is 2. The third-order valence-corrected chi connectivity index (χ3v) is 4.88. The van der Waals surface area contributed by atoms with Crippen LogP contribution >= 0.6 is 0 Å². The van der Waals surface area contributed by atoms with Crippen LogP contribution in [0.2, 0.25) is 0 Å². The molecule has 0 spiro atoms. The third kappa shape index (κ3) is 3.30. The first-order valence-corrected chi connectivity index (χ1v) is 9.11. The molecule has 2 heterocycles. The van der Waals surface area contributed by atoms with Gasteiger partial charge in [0.2, 0.25) is 0 Å². The van der Waals surface area contributed by atoms with E-state index in [9.17, 15) is 4.39 Å². The lowest BCUT2D eigenvalue weighted by atomic mass is 9.90. The van der Waals surface area contributed by atoms with Gasteiger partial charge in [-0.3, -0.25) is 0 Å². The number of aryl methyl sites for hydroxylation is 1. The van der Waals surface area contributed by atoms with Crippen LogP contribution in [0.25, 0.3) is 22.4 Å². The molecule has 2 radical (unpaired) electrons. The Morgan fingerprint density at radius 3 is 2.85 bits per heavy atom. The summed E-state index contributed by atoms with van der Waals surface area (Å²) in [6, 6.07) is 11.1. The number of hydrogen-bond acceptors (Lipinski definition) is 2. The minimum absolute atomic E-state index is 0.217. The van der Waals surface area contributed by atoms with E-state index >= 15 is 0 Å². The van der Waals surface area contributed by atoms with E-state index in [2.05, 4.69) is 23.4 Å². The van der Waals surface area contributed by atoms with Crippen LogP contribution in [0.5, 0.6) is 0 Å². The van der Waals surface area contributed by atoms with Crippen molar-refractivity contribution in [1.82, 2.24) is 9.55 Å². The number of hydrogen-bond donors (Lipinski definition) is 0. The Morgan fingerprint density at radius 1 is 1.19 bits per heavy atom. The van der Waals surface area contributed by atoms with Gasteiger partial charge in [-0.25, -0.2) is 9.37 Å². The number of halogens is 1. The van der Waals surface area contributed by atoms with Gasteiger partial charge in [0.05, 0.1) is 6.26 Å². The average molecular weight is 358 g/mol. The lowest BCUT2D eigenvalue weighted by molar-refractivity contribution is 0.596. The zero-order valence-electron chi connectivity index (χ0n) is 15.4. The maximum atomic E-state index is 14.7. The fraction of sp³-hybridized carbons (Fsp3) is 0.227. The molecule has 0 aliphatic rings. The van der Waals surface area contributed by atoms with Crippen LogP contribution in [-0.4, -0.2) is 17.4 Å². The molecule has 3 nitrogen and oxygen atoms in total. The first kappa shape index (κ1) is 17.6. The number of fused-ring (bicyclic) bond motifs is 1. The van der Waals surface area contributed by atoms with E-state index < -0.39 is 0 Å². The van der Waals surface area contributed by atoms with Gasteiger partial charge in [0.15, 0.2) is 0 Å². The van der Waals surface area contributed by atoms with Crippen LogP contribution in [0.15, 0.2) is 59.5 Å². The summed E-state index contributed by atoms with van der Waals surface area (Å²) in [5.74, 6) is 0.570.